The van der Waals surface area contributed by atoms with Crippen LogP contribution in [-0.2, 0) is 9.53 Å². The van der Waals surface area contributed by atoms with Gasteiger partial charge in [0.25, 0.3) is 0 Å². The van der Waals surface area contributed by atoms with Crippen molar-refractivity contribution in [3.05, 3.63) is 101 Å². The van der Waals surface area contributed by atoms with Crippen molar-refractivity contribution in [3.63, 3.8) is 0 Å². The van der Waals surface area contributed by atoms with E-state index in [2.05, 4.69) is 17.4 Å². The van der Waals surface area contributed by atoms with Gasteiger partial charge in [-0.2, -0.15) is 0 Å². The molecule has 4 rings (SSSR count). The van der Waals surface area contributed by atoms with Crippen LogP contribution in [0.1, 0.15) is 22.8 Å². The van der Waals surface area contributed by atoms with Crippen molar-refractivity contribution in [2.24, 2.45) is 0 Å². The van der Waals surface area contributed by atoms with Gasteiger partial charge in [0.05, 0.1) is 6.61 Å². The molecule has 3 aromatic carbocycles. The lowest BCUT2D eigenvalue weighted by atomic mass is 9.99. The van der Waals surface area contributed by atoms with Crippen LogP contribution in [-0.4, -0.2) is 32.6 Å². The van der Waals surface area contributed by atoms with Gasteiger partial charge in [-0.15, -0.1) is 11.3 Å². The second-order valence-corrected chi connectivity index (χ2v) is 9.21. The number of esters is 1. The molecule has 1 aromatic heterocycles. The Bertz CT molecular complexity index is 1360. The summed E-state index contributed by atoms with van der Waals surface area (Å²) in [7, 11) is 3.96. The standard InChI is InChI=1S/C30H28N2O3S/c1-4-35-30(34)28-26(24-15-13-23(14-16-24)22-8-6-5-7-9-22)20-36-29(28)31-27(33)19-12-21-10-17-25(18-11-21)32(2)3/h5-20H,4H2,1-3H3,(H,31,33). The molecule has 0 unspecified atom stereocenters. The van der Waals surface area contributed by atoms with E-state index in [1.165, 1.54) is 17.4 Å². The van der Waals surface area contributed by atoms with Crippen molar-refractivity contribution in [1.82, 2.24) is 0 Å². The summed E-state index contributed by atoms with van der Waals surface area (Å²) < 4.78 is 5.32. The van der Waals surface area contributed by atoms with Crippen LogP contribution in [0.5, 0.6) is 0 Å². The predicted molar refractivity (Wildman–Crippen MR) is 150 cm³/mol. The lowest BCUT2D eigenvalue weighted by Gasteiger charge is -2.11. The Balaban J connectivity index is 1.56. The third-order valence-corrected chi connectivity index (χ3v) is 6.54. The van der Waals surface area contributed by atoms with Gasteiger partial charge in [-0.05, 0) is 47.4 Å². The van der Waals surface area contributed by atoms with Gasteiger partial charge in [0.1, 0.15) is 10.6 Å². The van der Waals surface area contributed by atoms with E-state index in [1.807, 2.05) is 91.1 Å². The normalized spacial score (nSPS) is 10.9. The van der Waals surface area contributed by atoms with E-state index < -0.39 is 5.97 Å². The van der Waals surface area contributed by atoms with Crippen molar-refractivity contribution in [2.75, 3.05) is 30.9 Å². The quantitative estimate of drug-likeness (QED) is 0.211. The highest BCUT2D eigenvalue weighted by molar-refractivity contribution is 7.15. The molecule has 0 aliphatic rings. The zero-order valence-electron chi connectivity index (χ0n) is 20.5. The fourth-order valence-corrected chi connectivity index (χ4v) is 4.71. The molecule has 4 aromatic rings. The maximum absolute atomic E-state index is 12.9. The van der Waals surface area contributed by atoms with E-state index in [0.29, 0.717) is 10.6 Å². The number of anilines is 2. The molecule has 182 valence electrons. The zero-order chi connectivity index (χ0) is 25.5. The van der Waals surface area contributed by atoms with Crippen LogP contribution in [0.3, 0.4) is 0 Å². The highest BCUT2D eigenvalue weighted by atomic mass is 32.1. The average Bonchev–Trinajstić information content (AvgIpc) is 3.32. The highest BCUT2D eigenvalue weighted by Crippen LogP contribution is 2.37. The van der Waals surface area contributed by atoms with E-state index >= 15 is 0 Å². The van der Waals surface area contributed by atoms with Crippen LogP contribution in [0.4, 0.5) is 10.7 Å². The van der Waals surface area contributed by atoms with Crippen molar-refractivity contribution >= 4 is 40.0 Å². The molecular weight excluding hydrogens is 468 g/mol. The van der Waals surface area contributed by atoms with E-state index in [4.69, 9.17) is 4.74 Å². The Morgan fingerprint density at radius 1 is 0.889 bits per heavy atom. The minimum absolute atomic E-state index is 0.247. The molecular formula is C30H28N2O3S. The first-order chi connectivity index (χ1) is 17.5. The number of nitrogens with zero attached hydrogens (tertiary/aromatic N) is 1. The zero-order valence-corrected chi connectivity index (χ0v) is 21.3. The van der Waals surface area contributed by atoms with Gasteiger partial charge in [-0.25, -0.2) is 4.79 Å². The van der Waals surface area contributed by atoms with Gasteiger partial charge in [0.15, 0.2) is 0 Å². The second kappa shape index (κ2) is 11.5. The molecule has 1 amide bonds. The van der Waals surface area contributed by atoms with Crippen molar-refractivity contribution in [1.29, 1.82) is 0 Å². The fraction of sp³-hybridized carbons (Fsp3) is 0.133. The first-order valence-corrected chi connectivity index (χ1v) is 12.5. The number of rotatable bonds is 8. The average molecular weight is 497 g/mol. The summed E-state index contributed by atoms with van der Waals surface area (Å²) in [5.41, 5.74) is 6.18. The predicted octanol–water partition coefficient (Wildman–Crippen LogP) is 6.98. The molecule has 5 nitrogen and oxygen atoms in total. The molecule has 0 fully saturated rings. The van der Waals surface area contributed by atoms with E-state index in [1.54, 1.807) is 13.0 Å². The molecule has 36 heavy (non-hydrogen) atoms. The Hall–Kier alpha value is -4.16. The maximum atomic E-state index is 12.9. The van der Waals surface area contributed by atoms with Crippen LogP contribution < -0.4 is 10.2 Å². The largest absolute Gasteiger partial charge is 0.462 e. The van der Waals surface area contributed by atoms with Gasteiger partial charge >= 0.3 is 5.97 Å². The number of carbonyl (C=O) groups excluding carboxylic acids is 2. The molecule has 0 saturated carbocycles. The molecule has 0 spiro atoms. The summed E-state index contributed by atoms with van der Waals surface area (Å²) >= 11 is 1.31. The monoisotopic (exact) mass is 496 g/mol. The molecule has 0 aliphatic heterocycles. The fourth-order valence-electron chi connectivity index (χ4n) is 3.75. The summed E-state index contributed by atoms with van der Waals surface area (Å²) in [4.78, 5) is 27.6. The molecule has 1 N–H and O–H groups in total. The number of thiophene rings is 1. The maximum Gasteiger partial charge on any atom is 0.341 e. The first-order valence-electron chi connectivity index (χ1n) is 11.7. The summed E-state index contributed by atoms with van der Waals surface area (Å²) in [6, 6.07) is 26.0. The lowest BCUT2D eigenvalue weighted by Crippen LogP contribution is -2.12. The number of hydrogen-bond acceptors (Lipinski definition) is 5. The number of amides is 1. The number of hydrogen-bond donors (Lipinski definition) is 1. The van der Waals surface area contributed by atoms with Crippen molar-refractivity contribution in [2.45, 2.75) is 6.92 Å². The van der Waals surface area contributed by atoms with Gasteiger partial charge in [-0.3, -0.25) is 4.79 Å². The molecule has 1 heterocycles. The van der Waals surface area contributed by atoms with Gasteiger partial charge in [0, 0.05) is 36.8 Å². The third kappa shape index (κ3) is 5.90. The topological polar surface area (TPSA) is 58.6 Å². The molecule has 0 aliphatic carbocycles. The van der Waals surface area contributed by atoms with Crippen LogP contribution in [0, 0.1) is 0 Å². The smallest absolute Gasteiger partial charge is 0.341 e. The lowest BCUT2D eigenvalue weighted by molar-refractivity contribution is -0.111. The van der Waals surface area contributed by atoms with Crippen molar-refractivity contribution < 1.29 is 14.3 Å². The Morgan fingerprint density at radius 3 is 2.17 bits per heavy atom. The van der Waals surface area contributed by atoms with E-state index in [9.17, 15) is 9.59 Å². The van der Waals surface area contributed by atoms with Crippen molar-refractivity contribution in [3.8, 4) is 22.3 Å². The Kier molecular flexibility index (Phi) is 7.98. The van der Waals surface area contributed by atoms with Crippen LogP contribution >= 0.6 is 11.3 Å². The number of ether oxygens (including phenoxy) is 1. The molecule has 0 saturated heterocycles. The highest BCUT2D eigenvalue weighted by Gasteiger charge is 2.22. The van der Waals surface area contributed by atoms with Crippen LogP contribution in [0.25, 0.3) is 28.3 Å². The van der Waals surface area contributed by atoms with E-state index in [0.717, 1.165) is 33.5 Å². The minimum Gasteiger partial charge on any atom is -0.462 e. The third-order valence-electron chi connectivity index (χ3n) is 5.65. The van der Waals surface area contributed by atoms with E-state index in [-0.39, 0.29) is 12.5 Å². The number of benzene rings is 3. The summed E-state index contributed by atoms with van der Waals surface area (Å²) in [5.74, 6) is -0.774. The molecule has 6 heteroatoms. The Labute approximate surface area is 215 Å². The number of nitrogens with one attached hydrogen (secondary N) is 1. The first kappa shape index (κ1) is 24.9. The molecule has 0 bridgehead atoms. The summed E-state index contributed by atoms with van der Waals surface area (Å²) in [6.45, 7) is 2.01. The van der Waals surface area contributed by atoms with Gasteiger partial charge in [-0.1, -0.05) is 66.7 Å². The summed E-state index contributed by atoms with van der Waals surface area (Å²) in [6.07, 6.45) is 3.21. The minimum atomic E-state index is -0.459. The molecule has 0 atom stereocenters. The van der Waals surface area contributed by atoms with Crippen LogP contribution in [0.2, 0.25) is 0 Å². The molecule has 0 radical (unpaired) electrons. The number of carbonyl (C=O) groups is 2. The second-order valence-electron chi connectivity index (χ2n) is 8.33. The van der Waals surface area contributed by atoms with Gasteiger partial charge in [0.2, 0.25) is 5.91 Å². The SMILES string of the molecule is CCOC(=O)c1c(-c2ccc(-c3ccccc3)cc2)csc1NC(=O)C=Cc1ccc(N(C)C)cc1. The summed E-state index contributed by atoms with van der Waals surface area (Å²) in [5, 5.41) is 5.20. The Morgan fingerprint density at radius 2 is 1.53 bits per heavy atom. The van der Waals surface area contributed by atoms with Gasteiger partial charge < -0.3 is 15.0 Å². The van der Waals surface area contributed by atoms with Crippen LogP contribution in [0.15, 0.2) is 90.3 Å².